The summed E-state index contributed by atoms with van der Waals surface area (Å²) < 4.78 is 20.2. The Bertz CT molecular complexity index is 1140. The first kappa shape index (κ1) is 17.2. The van der Waals surface area contributed by atoms with E-state index in [9.17, 15) is 9.18 Å². The predicted octanol–water partition coefficient (Wildman–Crippen LogP) is 4.58. The molecule has 0 saturated carbocycles. The number of carbonyl (C=O) groups excluding carboxylic acids is 1. The summed E-state index contributed by atoms with van der Waals surface area (Å²) in [6.07, 6.45) is 2.00. The van der Waals surface area contributed by atoms with Gasteiger partial charge in [0.1, 0.15) is 11.3 Å². The van der Waals surface area contributed by atoms with Crippen molar-refractivity contribution < 1.29 is 13.6 Å². The van der Waals surface area contributed by atoms with Gasteiger partial charge in [0, 0.05) is 17.8 Å². The number of amides is 1. The maximum Gasteiger partial charge on any atom is 0.298 e. The van der Waals surface area contributed by atoms with Crippen molar-refractivity contribution in [1.82, 2.24) is 10.3 Å². The van der Waals surface area contributed by atoms with Gasteiger partial charge in [-0.3, -0.25) is 4.79 Å². The number of oxazole rings is 1. The minimum atomic E-state index is -0.294. The molecule has 5 rings (SSSR count). The van der Waals surface area contributed by atoms with E-state index in [2.05, 4.69) is 15.2 Å². The minimum Gasteiger partial charge on any atom is -0.423 e. The fraction of sp³-hybridized carbons (Fsp3) is 0.238. The lowest BCUT2D eigenvalue weighted by atomic mass is 10.2. The number of para-hydroxylation sites is 2. The molecule has 142 valence electrons. The van der Waals surface area contributed by atoms with E-state index in [1.807, 2.05) is 24.3 Å². The number of hydrogen-bond donors (Lipinski definition) is 1. The molecule has 1 N–H and O–H groups in total. The third kappa shape index (κ3) is 3.11. The number of fused-ring (bicyclic) bond motifs is 2. The number of rotatable bonds is 4. The molecule has 1 fully saturated rings. The highest BCUT2D eigenvalue weighted by Crippen LogP contribution is 2.29. The second kappa shape index (κ2) is 6.91. The van der Waals surface area contributed by atoms with Gasteiger partial charge in [-0.25, -0.2) is 4.39 Å². The summed E-state index contributed by atoms with van der Waals surface area (Å²) in [5.74, 6) is -0.428. The lowest BCUT2D eigenvalue weighted by molar-refractivity contribution is 0.0955. The number of anilines is 1. The van der Waals surface area contributed by atoms with Gasteiger partial charge in [0.2, 0.25) is 0 Å². The molecule has 0 radical (unpaired) electrons. The van der Waals surface area contributed by atoms with Gasteiger partial charge in [0.05, 0.1) is 10.9 Å². The molecule has 2 aromatic carbocycles. The van der Waals surface area contributed by atoms with Crippen LogP contribution in [0.25, 0.3) is 21.2 Å². The number of aromatic nitrogens is 1. The third-order valence-corrected chi connectivity index (χ3v) is 6.22. The van der Waals surface area contributed by atoms with E-state index in [0.29, 0.717) is 17.4 Å². The highest BCUT2D eigenvalue weighted by Gasteiger charge is 2.29. The summed E-state index contributed by atoms with van der Waals surface area (Å²) in [7, 11) is 0. The lowest BCUT2D eigenvalue weighted by Crippen LogP contribution is -2.40. The third-order valence-electron chi connectivity index (χ3n) is 5.11. The molecule has 0 bridgehead atoms. The molecule has 1 saturated heterocycles. The molecule has 0 aliphatic carbocycles. The molecular formula is C21H18FN3O2S. The van der Waals surface area contributed by atoms with Gasteiger partial charge in [-0.2, -0.15) is 4.98 Å². The Morgan fingerprint density at radius 3 is 3.07 bits per heavy atom. The number of hydrogen-bond acceptors (Lipinski definition) is 5. The molecule has 4 aromatic rings. The average molecular weight is 395 g/mol. The zero-order valence-electron chi connectivity index (χ0n) is 15.0. The molecule has 1 aliphatic rings. The Morgan fingerprint density at radius 1 is 1.29 bits per heavy atom. The summed E-state index contributed by atoms with van der Waals surface area (Å²) in [6.45, 7) is 1.37. The second-order valence-electron chi connectivity index (χ2n) is 6.96. The largest absolute Gasteiger partial charge is 0.423 e. The highest BCUT2D eigenvalue weighted by atomic mass is 32.1. The van der Waals surface area contributed by atoms with Crippen LogP contribution in [0.4, 0.5) is 10.4 Å². The van der Waals surface area contributed by atoms with Crippen molar-refractivity contribution in [2.75, 3.05) is 18.0 Å². The van der Waals surface area contributed by atoms with E-state index in [1.165, 1.54) is 23.5 Å². The van der Waals surface area contributed by atoms with Crippen LogP contribution in [0.5, 0.6) is 0 Å². The lowest BCUT2D eigenvalue weighted by Gasteiger charge is -2.22. The van der Waals surface area contributed by atoms with Crippen LogP contribution < -0.4 is 10.2 Å². The van der Waals surface area contributed by atoms with Gasteiger partial charge < -0.3 is 14.6 Å². The highest BCUT2D eigenvalue weighted by molar-refractivity contribution is 7.20. The van der Waals surface area contributed by atoms with E-state index in [-0.39, 0.29) is 17.8 Å². The smallest absolute Gasteiger partial charge is 0.298 e. The maximum atomic E-state index is 13.4. The fourth-order valence-corrected chi connectivity index (χ4v) is 4.67. The zero-order valence-corrected chi connectivity index (χ0v) is 15.8. The first-order valence-corrected chi connectivity index (χ1v) is 10.1. The summed E-state index contributed by atoms with van der Waals surface area (Å²) in [5.41, 5.74) is 1.61. The number of carbonyl (C=O) groups is 1. The van der Waals surface area contributed by atoms with Crippen molar-refractivity contribution in [2.45, 2.75) is 18.9 Å². The Morgan fingerprint density at radius 2 is 2.18 bits per heavy atom. The van der Waals surface area contributed by atoms with Crippen molar-refractivity contribution >= 4 is 44.4 Å². The molecule has 7 heteroatoms. The molecule has 1 amide bonds. The van der Waals surface area contributed by atoms with Crippen molar-refractivity contribution in [2.24, 2.45) is 0 Å². The number of thiophene rings is 1. The number of nitrogens with zero attached hydrogens (tertiary/aromatic N) is 2. The van der Waals surface area contributed by atoms with Crippen LogP contribution in [-0.2, 0) is 0 Å². The predicted molar refractivity (Wildman–Crippen MR) is 108 cm³/mol. The minimum absolute atomic E-state index is 0.133. The molecular weight excluding hydrogens is 377 g/mol. The molecule has 1 unspecified atom stereocenters. The molecule has 0 spiro atoms. The first-order valence-electron chi connectivity index (χ1n) is 9.27. The average Bonchev–Trinajstić information content (AvgIpc) is 3.42. The van der Waals surface area contributed by atoms with E-state index in [1.54, 1.807) is 12.1 Å². The van der Waals surface area contributed by atoms with Crippen LogP contribution in [-0.4, -0.2) is 30.0 Å². The summed E-state index contributed by atoms with van der Waals surface area (Å²) in [4.78, 5) is 19.9. The van der Waals surface area contributed by atoms with Gasteiger partial charge in [0.15, 0.2) is 5.58 Å². The fourth-order valence-electron chi connectivity index (χ4n) is 3.71. The Labute approximate surface area is 164 Å². The Hall–Kier alpha value is -2.93. The molecule has 3 heterocycles. The Kier molecular flexibility index (Phi) is 4.24. The van der Waals surface area contributed by atoms with Gasteiger partial charge in [0.25, 0.3) is 11.9 Å². The van der Waals surface area contributed by atoms with Crippen molar-refractivity contribution in [3.8, 4) is 0 Å². The van der Waals surface area contributed by atoms with E-state index in [0.717, 1.165) is 40.6 Å². The zero-order chi connectivity index (χ0) is 19.1. The van der Waals surface area contributed by atoms with Crippen molar-refractivity contribution in [3.05, 3.63) is 59.2 Å². The molecule has 1 aliphatic heterocycles. The van der Waals surface area contributed by atoms with Crippen molar-refractivity contribution in [3.63, 3.8) is 0 Å². The van der Waals surface area contributed by atoms with Gasteiger partial charge in [-0.1, -0.05) is 12.1 Å². The maximum absolute atomic E-state index is 13.4. The molecule has 5 nitrogen and oxygen atoms in total. The summed E-state index contributed by atoms with van der Waals surface area (Å²) in [6, 6.07) is 14.8. The molecule has 1 atom stereocenters. The quantitative estimate of drug-likeness (QED) is 0.549. The number of benzene rings is 2. The second-order valence-corrected chi connectivity index (χ2v) is 8.04. The monoisotopic (exact) mass is 395 g/mol. The van der Waals surface area contributed by atoms with Gasteiger partial charge in [-0.05, 0) is 54.6 Å². The number of halogens is 1. The van der Waals surface area contributed by atoms with Crippen LogP contribution in [0.1, 0.15) is 22.5 Å². The van der Waals surface area contributed by atoms with Crippen LogP contribution in [0, 0.1) is 5.82 Å². The standard InChI is InChI=1S/C21H18FN3O2S/c22-14-7-8-18-13(10-14)11-19(28-18)20(26)23-12-15-4-3-9-25(15)21-24-16-5-1-2-6-17(16)27-21/h1-2,5-8,10-11,15H,3-4,9,12H2,(H,23,26). The first-order chi connectivity index (χ1) is 13.7. The van der Waals surface area contributed by atoms with E-state index < -0.39 is 0 Å². The number of nitrogens with one attached hydrogen (secondary N) is 1. The van der Waals surface area contributed by atoms with Gasteiger partial charge in [-0.15, -0.1) is 11.3 Å². The summed E-state index contributed by atoms with van der Waals surface area (Å²) in [5, 5.41) is 3.77. The van der Waals surface area contributed by atoms with Gasteiger partial charge >= 0.3 is 0 Å². The molecule has 2 aromatic heterocycles. The van der Waals surface area contributed by atoms with Crippen LogP contribution in [0.15, 0.2) is 52.9 Å². The van der Waals surface area contributed by atoms with Crippen LogP contribution in [0.3, 0.4) is 0 Å². The van der Waals surface area contributed by atoms with Crippen LogP contribution >= 0.6 is 11.3 Å². The van der Waals surface area contributed by atoms with Crippen LogP contribution in [0.2, 0.25) is 0 Å². The van der Waals surface area contributed by atoms with E-state index in [4.69, 9.17) is 4.42 Å². The topological polar surface area (TPSA) is 58.4 Å². The van der Waals surface area contributed by atoms with Crippen molar-refractivity contribution in [1.29, 1.82) is 0 Å². The molecule has 28 heavy (non-hydrogen) atoms. The SMILES string of the molecule is O=C(NCC1CCCN1c1nc2ccccc2o1)c1cc2cc(F)ccc2s1. The summed E-state index contributed by atoms with van der Waals surface area (Å²) >= 11 is 1.37. The Balaban J connectivity index is 1.30. The van der Waals surface area contributed by atoms with E-state index >= 15 is 0 Å². The normalized spacial score (nSPS) is 16.9.